The average molecular weight is 369 g/mol. The number of allylic oxidation sites excluding steroid dienone is 1. The van der Waals surface area contributed by atoms with Crippen LogP contribution in [0.2, 0.25) is 10.0 Å². The summed E-state index contributed by atoms with van der Waals surface area (Å²) in [6.45, 7) is 7.26. The first kappa shape index (κ1) is 18.9. The highest BCUT2D eigenvalue weighted by Crippen LogP contribution is 2.33. The zero-order valence-electron chi connectivity index (χ0n) is 14.7. The van der Waals surface area contributed by atoms with Gasteiger partial charge in [0.05, 0.1) is 20.1 Å². The second-order valence-electron chi connectivity index (χ2n) is 7.26. The van der Waals surface area contributed by atoms with E-state index >= 15 is 0 Å². The molecule has 7 heteroatoms. The predicted molar refractivity (Wildman–Crippen MR) is 98.3 cm³/mol. The van der Waals surface area contributed by atoms with Crippen LogP contribution in [0.5, 0.6) is 0 Å². The summed E-state index contributed by atoms with van der Waals surface area (Å²) in [5.74, 6) is 0.863. The molecule has 0 spiro atoms. The van der Waals surface area contributed by atoms with Gasteiger partial charge >= 0.3 is 0 Å². The maximum Gasteiger partial charge on any atom is 0.206 e. The van der Waals surface area contributed by atoms with Gasteiger partial charge in [0.1, 0.15) is 6.54 Å². The van der Waals surface area contributed by atoms with Crippen molar-refractivity contribution in [1.29, 1.82) is 0 Å². The molecule has 2 aromatic rings. The Bertz CT molecular complexity index is 716. The summed E-state index contributed by atoms with van der Waals surface area (Å²) >= 11 is 12.2. The maximum absolute atomic E-state index is 6.27. The van der Waals surface area contributed by atoms with E-state index in [0.717, 1.165) is 17.9 Å². The SMILES string of the molecule is C[NH+](C)Cc1nnnn1[C@@H](/C=C/c1ccc(Cl)cc1Cl)C(C)(C)C. The van der Waals surface area contributed by atoms with Gasteiger partial charge in [0.15, 0.2) is 0 Å². The molecule has 0 unspecified atom stereocenters. The van der Waals surface area contributed by atoms with E-state index in [-0.39, 0.29) is 11.5 Å². The standard InChI is InChI=1S/C17H23Cl2N5/c1-17(2,3)15(24-16(11-23(4)5)20-21-22-24)9-7-12-6-8-13(18)10-14(12)19/h6-10,15H,11H2,1-5H3/p+1/b9-7+/t15-/m0/s1. The van der Waals surface area contributed by atoms with Crippen LogP contribution in [0.4, 0.5) is 0 Å². The summed E-state index contributed by atoms with van der Waals surface area (Å²) in [6, 6.07) is 5.49. The molecule has 0 fully saturated rings. The van der Waals surface area contributed by atoms with Gasteiger partial charge in [-0.05, 0) is 33.5 Å². The van der Waals surface area contributed by atoms with Gasteiger partial charge in [-0.1, -0.05) is 62.2 Å². The van der Waals surface area contributed by atoms with Gasteiger partial charge in [-0.2, -0.15) is 0 Å². The molecular weight excluding hydrogens is 345 g/mol. The molecular formula is C17H24Cl2N5+. The summed E-state index contributed by atoms with van der Waals surface area (Å²) < 4.78 is 1.90. The number of benzene rings is 1. The van der Waals surface area contributed by atoms with Gasteiger partial charge in [-0.25, -0.2) is 4.68 Å². The van der Waals surface area contributed by atoms with Crippen LogP contribution >= 0.6 is 23.2 Å². The number of nitrogens with one attached hydrogen (secondary N) is 1. The highest BCUT2D eigenvalue weighted by molar-refractivity contribution is 6.35. The van der Waals surface area contributed by atoms with Crippen LogP contribution < -0.4 is 4.90 Å². The topological polar surface area (TPSA) is 48.0 Å². The van der Waals surface area contributed by atoms with Crippen molar-refractivity contribution in [3.63, 3.8) is 0 Å². The van der Waals surface area contributed by atoms with E-state index < -0.39 is 0 Å². The number of hydrogen-bond donors (Lipinski definition) is 1. The van der Waals surface area contributed by atoms with Crippen molar-refractivity contribution in [2.45, 2.75) is 33.4 Å². The molecule has 1 N–H and O–H groups in total. The molecule has 0 bridgehead atoms. The van der Waals surface area contributed by atoms with Crippen molar-refractivity contribution >= 4 is 29.3 Å². The van der Waals surface area contributed by atoms with Gasteiger partial charge in [-0.15, -0.1) is 5.10 Å². The van der Waals surface area contributed by atoms with Gasteiger partial charge < -0.3 is 4.90 Å². The van der Waals surface area contributed by atoms with Crippen molar-refractivity contribution in [2.24, 2.45) is 5.41 Å². The first-order valence-corrected chi connectivity index (χ1v) is 8.63. The Kier molecular flexibility index (Phi) is 6.01. The Hall–Kier alpha value is -1.43. The van der Waals surface area contributed by atoms with Crippen molar-refractivity contribution in [2.75, 3.05) is 14.1 Å². The first-order chi connectivity index (χ1) is 11.2. The number of tetrazole rings is 1. The molecule has 1 atom stereocenters. The van der Waals surface area contributed by atoms with Crippen LogP contribution in [0.1, 0.15) is 38.2 Å². The molecule has 1 aromatic carbocycles. The molecule has 0 saturated heterocycles. The lowest BCUT2D eigenvalue weighted by molar-refractivity contribution is -0.873. The Morgan fingerprint density at radius 3 is 2.54 bits per heavy atom. The summed E-state index contributed by atoms with van der Waals surface area (Å²) in [7, 11) is 4.16. The van der Waals surface area contributed by atoms with E-state index in [1.165, 1.54) is 4.90 Å². The molecule has 0 aliphatic rings. The van der Waals surface area contributed by atoms with Crippen molar-refractivity contribution < 1.29 is 4.90 Å². The lowest BCUT2D eigenvalue weighted by Gasteiger charge is -2.28. The molecule has 0 radical (unpaired) electrons. The van der Waals surface area contributed by atoms with E-state index in [4.69, 9.17) is 23.2 Å². The van der Waals surface area contributed by atoms with Crippen LogP contribution in [-0.4, -0.2) is 34.3 Å². The normalized spacial score (nSPS) is 13.8. The van der Waals surface area contributed by atoms with E-state index in [0.29, 0.717) is 10.0 Å². The highest BCUT2D eigenvalue weighted by atomic mass is 35.5. The molecule has 5 nitrogen and oxygen atoms in total. The van der Waals surface area contributed by atoms with Crippen LogP contribution in [0.15, 0.2) is 24.3 Å². The summed E-state index contributed by atoms with van der Waals surface area (Å²) in [5.41, 5.74) is 0.865. The molecule has 0 amide bonds. The highest BCUT2D eigenvalue weighted by Gasteiger charge is 2.28. The van der Waals surface area contributed by atoms with Gasteiger partial charge in [0.25, 0.3) is 0 Å². The fourth-order valence-electron chi connectivity index (χ4n) is 2.43. The fraction of sp³-hybridized carbons (Fsp3) is 0.471. The Labute approximate surface area is 153 Å². The van der Waals surface area contributed by atoms with Crippen molar-refractivity contribution in [3.8, 4) is 0 Å². The third-order valence-electron chi connectivity index (χ3n) is 3.64. The molecule has 24 heavy (non-hydrogen) atoms. The van der Waals surface area contributed by atoms with Gasteiger partial charge in [0, 0.05) is 10.0 Å². The first-order valence-electron chi connectivity index (χ1n) is 7.87. The summed E-state index contributed by atoms with van der Waals surface area (Å²) in [6.07, 6.45) is 4.10. The number of nitrogens with zero attached hydrogens (tertiary/aromatic N) is 4. The van der Waals surface area contributed by atoms with Crippen molar-refractivity contribution in [1.82, 2.24) is 20.2 Å². The van der Waals surface area contributed by atoms with Crippen LogP contribution in [0.3, 0.4) is 0 Å². The quantitative estimate of drug-likeness (QED) is 0.882. The maximum atomic E-state index is 6.27. The minimum Gasteiger partial charge on any atom is -0.333 e. The monoisotopic (exact) mass is 368 g/mol. The lowest BCUT2D eigenvalue weighted by Crippen LogP contribution is -3.04. The fourth-order valence-corrected chi connectivity index (χ4v) is 2.90. The number of aromatic nitrogens is 4. The Morgan fingerprint density at radius 2 is 1.96 bits per heavy atom. The second-order valence-corrected chi connectivity index (χ2v) is 8.10. The molecule has 130 valence electrons. The second kappa shape index (κ2) is 7.64. The molecule has 1 heterocycles. The van der Waals surface area contributed by atoms with Gasteiger partial charge in [-0.3, -0.25) is 0 Å². The van der Waals surface area contributed by atoms with E-state index in [1.807, 2.05) is 22.9 Å². The average Bonchev–Trinajstić information content (AvgIpc) is 2.87. The Balaban J connectivity index is 2.37. The molecule has 2 rings (SSSR count). The smallest absolute Gasteiger partial charge is 0.206 e. The molecule has 1 aromatic heterocycles. The van der Waals surface area contributed by atoms with Crippen LogP contribution in [0, 0.1) is 5.41 Å². The summed E-state index contributed by atoms with van der Waals surface area (Å²) in [4.78, 5) is 1.27. The predicted octanol–water partition coefficient (Wildman–Crippen LogP) is 2.93. The zero-order valence-corrected chi connectivity index (χ0v) is 16.2. The number of hydrogen-bond acceptors (Lipinski definition) is 3. The summed E-state index contributed by atoms with van der Waals surface area (Å²) in [5, 5.41) is 13.5. The van der Waals surface area contributed by atoms with Gasteiger partial charge in [0.2, 0.25) is 5.82 Å². The number of halogens is 2. The minimum atomic E-state index is -0.0544. The third-order valence-corrected chi connectivity index (χ3v) is 4.21. The van der Waals surface area contributed by atoms with E-state index in [2.05, 4.69) is 56.5 Å². The number of rotatable bonds is 5. The zero-order chi connectivity index (χ0) is 17.9. The molecule has 0 aliphatic heterocycles. The van der Waals surface area contributed by atoms with Crippen molar-refractivity contribution in [3.05, 3.63) is 45.7 Å². The van der Waals surface area contributed by atoms with Crippen LogP contribution in [-0.2, 0) is 6.54 Å². The third kappa shape index (κ3) is 4.79. The van der Waals surface area contributed by atoms with E-state index in [9.17, 15) is 0 Å². The largest absolute Gasteiger partial charge is 0.333 e. The minimum absolute atomic E-state index is 0.00796. The lowest BCUT2D eigenvalue weighted by atomic mass is 9.86. The van der Waals surface area contributed by atoms with Crippen LogP contribution in [0.25, 0.3) is 6.08 Å². The molecule has 0 aliphatic carbocycles. The number of quaternary nitrogens is 1. The molecule has 0 saturated carbocycles. The Morgan fingerprint density at radius 1 is 1.25 bits per heavy atom. The van der Waals surface area contributed by atoms with E-state index in [1.54, 1.807) is 6.07 Å².